The average molecular weight is 429 g/mol. The van der Waals surface area contributed by atoms with Crippen molar-refractivity contribution in [3.05, 3.63) is 65.7 Å². The van der Waals surface area contributed by atoms with E-state index in [-0.39, 0.29) is 10.8 Å². The van der Waals surface area contributed by atoms with E-state index in [1.165, 1.54) is 5.06 Å². The molecule has 2 aromatic rings. The summed E-state index contributed by atoms with van der Waals surface area (Å²) < 4.78 is 30.7. The minimum atomic E-state index is -3.87. The lowest BCUT2D eigenvalue weighted by Gasteiger charge is -2.45. The van der Waals surface area contributed by atoms with Crippen LogP contribution in [-0.4, -0.2) is 50.5 Å². The highest BCUT2D eigenvalue weighted by Gasteiger charge is 2.45. The molecule has 4 rings (SSSR count). The molecule has 7 heteroatoms. The monoisotopic (exact) mass is 428 g/mol. The van der Waals surface area contributed by atoms with Gasteiger partial charge in [-0.1, -0.05) is 48.0 Å². The van der Waals surface area contributed by atoms with Crippen molar-refractivity contribution in [3.8, 4) is 0 Å². The fourth-order valence-corrected chi connectivity index (χ4v) is 5.17. The summed E-state index contributed by atoms with van der Waals surface area (Å²) >= 11 is 0. The lowest BCUT2D eigenvalue weighted by Crippen LogP contribution is -2.55. The molecule has 1 amide bonds. The van der Waals surface area contributed by atoms with E-state index in [4.69, 9.17) is 4.28 Å². The minimum absolute atomic E-state index is 0.144. The van der Waals surface area contributed by atoms with Gasteiger partial charge in [-0.25, -0.2) is 0 Å². The number of nitrogens with zero attached hydrogens (tertiary/aromatic N) is 2. The van der Waals surface area contributed by atoms with Crippen LogP contribution in [0.4, 0.5) is 0 Å². The molecule has 2 aliphatic heterocycles. The van der Waals surface area contributed by atoms with Gasteiger partial charge in [-0.15, -0.1) is 0 Å². The molecule has 0 atom stereocenters. The summed E-state index contributed by atoms with van der Waals surface area (Å²) in [6.07, 6.45) is 2.86. The highest BCUT2D eigenvalue weighted by Crippen LogP contribution is 2.39. The number of hydrogen-bond donors (Lipinski definition) is 0. The van der Waals surface area contributed by atoms with Gasteiger partial charge in [0.1, 0.15) is 0 Å². The maximum Gasteiger partial charge on any atom is 0.313 e. The van der Waals surface area contributed by atoms with E-state index < -0.39 is 15.5 Å². The van der Waals surface area contributed by atoms with Crippen molar-refractivity contribution < 1.29 is 17.5 Å². The zero-order valence-electron chi connectivity index (χ0n) is 17.3. The average Bonchev–Trinajstić information content (AvgIpc) is 2.69. The third-order valence-corrected chi connectivity index (χ3v) is 7.43. The van der Waals surface area contributed by atoms with Crippen molar-refractivity contribution >= 4 is 16.0 Å². The Hall–Kier alpha value is -2.22. The number of carbonyl (C=O) groups is 1. The zero-order valence-corrected chi connectivity index (χ0v) is 18.1. The number of piperidine rings is 1. The lowest BCUT2D eigenvalue weighted by molar-refractivity contribution is -0.155. The van der Waals surface area contributed by atoms with Gasteiger partial charge in [-0.3, -0.25) is 4.79 Å². The Kier molecular flexibility index (Phi) is 5.95. The Balaban J connectivity index is 1.47. The molecule has 6 nitrogen and oxygen atoms in total. The van der Waals surface area contributed by atoms with Crippen LogP contribution in [0.15, 0.2) is 59.5 Å². The highest BCUT2D eigenvalue weighted by molar-refractivity contribution is 7.86. The van der Waals surface area contributed by atoms with E-state index in [1.54, 1.807) is 24.3 Å². The summed E-state index contributed by atoms with van der Waals surface area (Å²) in [6, 6.07) is 16.7. The molecule has 0 spiro atoms. The smallest absolute Gasteiger partial charge is 0.313 e. The third kappa shape index (κ3) is 4.43. The number of amides is 1. The number of rotatable bonds is 6. The van der Waals surface area contributed by atoms with Crippen LogP contribution in [0.1, 0.15) is 30.4 Å². The Morgan fingerprint density at radius 2 is 1.60 bits per heavy atom. The van der Waals surface area contributed by atoms with E-state index in [1.807, 2.05) is 30.0 Å². The maximum atomic E-state index is 13.3. The predicted octanol–water partition coefficient (Wildman–Crippen LogP) is 3.17. The Labute approximate surface area is 178 Å². The van der Waals surface area contributed by atoms with Crippen LogP contribution in [0.5, 0.6) is 0 Å². The predicted molar refractivity (Wildman–Crippen MR) is 114 cm³/mol. The third-order valence-electron chi connectivity index (χ3n) is 6.17. The van der Waals surface area contributed by atoms with Gasteiger partial charge in [-0.2, -0.15) is 17.8 Å². The van der Waals surface area contributed by atoms with Crippen LogP contribution in [0.2, 0.25) is 0 Å². The van der Waals surface area contributed by atoms with Gasteiger partial charge in [-0.05, 0) is 50.3 Å². The fraction of sp³-hybridized carbons (Fsp3) is 0.435. The van der Waals surface area contributed by atoms with Gasteiger partial charge in [0.15, 0.2) is 0 Å². The first-order valence-corrected chi connectivity index (χ1v) is 11.9. The number of carbonyl (C=O) groups excluding carboxylic acids is 1. The standard InChI is InChI=1S/C23H28N2O4S/c1-19-8-10-21(11-9-19)30(27,28)29-25-16-12-23(13-17-25,22(26)24-14-5-15-24)18-20-6-3-2-4-7-20/h2-4,6-11H,5,12-18H2,1H3. The van der Waals surface area contributed by atoms with Gasteiger partial charge >= 0.3 is 10.1 Å². The lowest BCUT2D eigenvalue weighted by atomic mass is 9.72. The SMILES string of the molecule is Cc1ccc(S(=O)(=O)ON2CCC(Cc3ccccc3)(C(=O)N3CCC3)CC2)cc1. The molecule has 0 N–H and O–H groups in total. The number of benzene rings is 2. The second kappa shape index (κ2) is 8.49. The number of likely N-dealkylation sites (tertiary alicyclic amines) is 1. The normalized spacial score (nSPS) is 19.3. The molecule has 2 aliphatic rings. The molecule has 2 saturated heterocycles. The molecule has 2 fully saturated rings. The van der Waals surface area contributed by atoms with E-state index in [2.05, 4.69) is 12.1 Å². The molecule has 0 unspecified atom stereocenters. The van der Waals surface area contributed by atoms with Gasteiger partial charge in [0.25, 0.3) is 0 Å². The van der Waals surface area contributed by atoms with E-state index in [9.17, 15) is 13.2 Å². The molecule has 0 bridgehead atoms. The Morgan fingerprint density at radius 1 is 0.967 bits per heavy atom. The molecule has 160 valence electrons. The Bertz CT molecular complexity index is 978. The number of aryl methyl sites for hydroxylation is 1. The van der Waals surface area contributed by atoms with Crippen LogP contribution < -0.4 is 0 Å². The minimum Gasteiger partial charge on any atom is -0.342 e. The molecule has 30 heavy (non-hydrogen) atoms. The Morgan fingerprint density at radius 3 is 2.17 bits per heavy atom. The second-order valence-electron chi connectivity index (χ2n) is 8.36. The van der Waals surface area contributed by atoms with Gasteiger partial charge < -0.3 is 4.90 Å². The molecule has 0 aliphatic carbocycles. The van der Waals surface area contributed by atoms with Crippen molar-refractivity contribution in [1.29, 1.82) is 0 Å². The first-order valence-electron chi connectivity index (χ1n) is 10.5. The van der Waals surface area contributed by atoms with E-state index in [0.29, 0.717) is 32.4 Å². The zero-order chi connectivity index (χ0) is 21.2. The van der Waals surface area contributed by atoms with Crippen molar-refractivity contribution in [2.75, 3.05) is 26.2 Å². The van der Waals surface area contributed by atoms with Crippen molar-refractivity contribution in [1.82, 2.24) is 9.96 Å². The first kappa shape index (κ1) is 21.0. The van der Waals surface area contributed by atoms with Crippen LogP contribution in [-0.2, 0) is 25.6 Å². The van der Waals surface area contributed by atoms with Crippen LogP contribution in [0, 0.1) is 12.3 Å². The maximum absolute atomic E-state index is 13.3. The topological polar surface area (TPSA) is 66.9 Å². The van der Waals surface area contributed by atoms with Gasteiger partial charge in [0.05, 0.1) is 10.3 Å². The van der Waals surface area contributed by atoms with Crippen LogP contribution >= 0.6 is 0 Å². The van der Waals surface area contributed by atoms with E-state index in [0.717, 1.165) is 30.6 Å². The van der Waals surface area contributed by atoms with Gasteiger partial charge in [0.2, 0.25) is 5.91 Å². The van der Waals surface area contributed by atoms with Gasteiger partial charge in [0, 0.05) is 26.2 Å². The summed E-state index contributed by atoms with van der Waals surface area (Å²) in [5, 5.41) is 1.49. The largest absolute Gasteiger partial charge is 0.342 e. The van der Waals surface area contributed by atoms with Crippen molar-refractivity contribution in [2.24, 2.45) is 5.41 Å². The molecule has 0 aromatic heterocycles. The van der Waals surface area contributed by atoms with E-state index >= 15 is 0 Å². The highest BCUT2D eigenvalue weighted by atomic mass is 32.2. The van der Waals surface area contributed by atoms with Crippen molar-refractivity contribution in [2.45, 2.75) is 37.5 Å². The van der Waals surface area contributed by atoms with Crippen molar-refractivity contribution in [3.63, 3.8) is 0 Å². The molecule has 2 aromatic carbocycles. The fourth-order valence-electron chi connectivity index (χ4n) is 4.18. The number of hydrogen-bond acceptors (Lipinski definition) is 5. The molecule has 0 saturated carbocycles. The summed E-state index contributed by atoms with van der Waals surface area (Å²) in [5.41, 5.74) is 1.62. The number of hydroxylamine groups is 2. The summed E-state index contributed by atoms with van der Waals surface area (Å²) in [7, 11) is -3.87. The molecular weight excluding hydrogens is 400 g/mol. The molecular formula is C23H28N2O4S. The second-order valence-corrected chi connectivity index (χ2v) is 9.89. The summed E-state index contributed by atoms with van der Waals surface area (Å²) in [4.78, 5) is 15.4. The first-order chi connectivity index (χ1) is 14.4. The summed E-state index contributed by atoms with van der Waals surface area (Å²) in [6.45, 7) is 4.34. The molecule has 2 heterocycles. The summed E-state index contributed by atoms with van der Waals surface area (Å²) in [5.74, 6) is 0.193. The quantitative estimate of drug-likeness (QED) is 0.707. The van der Waals surface area contributed by atoms with Crippen LogP contribution in [0.3, 0.4) is 0 Å². The molecule has 0 radical (unpaired) electrons. The van der Waals surface area contributed by atoms with Crippen LogP contribution in [0.25, 0.3) is 0 Å².